The molecule has 1 N–H and O–H groups in total. The van der Waals surface area contributed by atoms with Crippen LogP contribution in [0.4, 0.5) is 16.2 Å². The summed E-state index contributed by atoms with van der Waals surface area (Å²) in [5, 5.41) is 2.69. The van der Waals surface area contributed by atoms with Crippen LogP contribution >= 0.6 is 0 Å². The molecule has 41 heavy (non-hydrogen) atoms. The third kappa shape index (κ3) is 5.24. The molecule has 1 saturated heterocycles. The molecular formula is C29H38N4O7S. The molecule has 2 aromatic carbocycles. The lowest BCUT2D eigenvalue weighted by molar-refractivity contribution is -0.123. The second kappa shape index (κ2) is 11.5. The number of carbonyl (C=O) groups is 2. The molecule has 2 aliphatic heterocycles. The van der Waals surface area contributed by atoms with Crippen molar-refractivity contribution in [3.8, 4) is 11.5 Å². The maximum Gasteiger partial charge on any atom is 0.321 e. The Morgan fingerprint density at radius 2 is 1.83 bits per heavy atom. The summed E-state index contributed by atoms with van der Waals surface area (Å²) in [6.45, 7) is 5.47. The highest BCUT2D eigenvalue weighted by atomic mass is 32.2. The van der Waals surface area contributed by atoms with E-state index in [2.05, 4.69) is 10.2 Å². The number of morpholine rings is 1. The number of benzene rings is 2. The van der Waals surface area contributed by atoms with Gasteiger partial charge in [0.05, 0.1) is 38.0 Å². The number of sulfonamides is 1. The number of methoxy groups -OCH3 is 1. The number of fused-ring (bicyclic) bond motifs is 2. The Hall–Kier alpha value is -3.35. The molecule has 0 bridgehead atoms. The molecule has 1 saturated carbocycles. The molecule has 3 amide bonds. The average molecular weight is 587 g/mol. The van der Waals surface area contributed by atoms with Crippen LogP contribution in [-0.4, -0.2) is 90.3 Å². The number of rotatable bonds is 7. The van der Waals surface area contributed by atoms with Crippen molar-refractivity contribution in [2.24, 2.45) is 0 Å². The Bertz CT molecular complexity index is 1410. The number of amides is 3. The van der Waals surface area contributed by atoms with Gasteiger partial charge in [0, 0.05) is 45.0 Å². The Balaban J connectivity index is 1.52. The number of anilines is 2. The van der Waals surface area contributed by atoms with Crippen LogP contribution in [0.5, 0.6) is 11.5 Å². The van der Waals surface area contributed by atoms with E-state index in [4.69, 9.17) is 14.2 Å². The summed E-state index contributed by atoms with van der Waals surface area (Å²) in [5.41, 5.74) is 0.430. The summed E-state index contributed by atoms with van der Waals surface area (Å²) in [6.07, 6.45) is 2.63. The lowest BCUT2D eigenvalue weighted by Crippen LogP contribution is -2.50. The van der Waals surface area contributed by atoms with Crippen LogP contribution in [-0.2, 0) is 25.0 Å². The van der Waals surface area contributed by atoms with Gasteiger partial charge in [0.1, 0.15) is 16.4 Å². The quantitative estimate of drug-likeness (QED) is 0.525. The van der Waals surface area contributed by atoms with Crippen LogP contribution in [0.25, 0.3) is 0 Å². The number of hydrogen-bond acceptors (Lipinski definition) is 8. The number of carbonyl (C=O) groups excluding carboxylic acids is 2. The van der Waals surface area contributed by atoms with Gasteiger partial charge in [0.15, 0.2) is 0 Å². The van der Waals surface area contributed by atoms with Crippen molar-refractivity contribution in [2.45, 2.75) is 49.0 Å². The molecular weight excluding hydrogens is 548 g/mol. The van der Waals surface area contributed by atoms with E-state index in [1.807, 2.05) is 13.0 Å². The van der Waals surface area contributed by atoms with Gasteiger partial charge in [-0.1, -0.05) is 0 Å². The standard InChI is InChI=1S/C29H38N4O7S/c1-5-40-22-7-8-24-23(19-22)29(12-10-21(11-13-29)32-14-16-39-17-15-32)27(34)33(24)41(36,37)26-9-6-20(18-25(26)38-4)30-28(35)31(2)3/h6-9,18-19,21H,5,10-17H2,1-4H3,(H,30,35). The zero-order chi connectivity index (χ0) is 29.4. The van der Waals surface area contributed by atoms with Gasteiger partial charge in [-0.3, -0.25) is 9.69 Å². The maximum atomic E-state index is 14.4. The van der Waals surface area contributed by atoms with Crippen molar-refractivity contribution in [1.29, 1.82) is 0 Å². The van der Waals surface area contributed by atoms with Crippen LogP contribution in [0.15, 0.2) is 41.3 Å². The Morgan fingerprint density at radius 1 is 1.12 bits per heavy atom. The summed E-state index contributed by atoms with van der Waals surface area (Å²) in [4.78, 5) is 30.1. The van der Waals surface area contributed by atoms with Crippen molar-refractivity contribution < 1.29 is 32.2 Å². The first-order valence-corrected chi connectivity index (χ1v) is 15.4. The summed E-state index contributed by atoms with van der Waals surface area (Å²) < 4.78 is 46.2. The number of urea groups is 1. The fourth-order valence-corrected chi connectivity index (χ4v) is 7.81. The molecule has 2 aromatic rings. The van der Waals surface area contributed by atoms with E-state index >= 15 is 0 Å². The molecule has 0 unspecified atom stereocenters. The first kappa shape index (κ1) is 29.2. The first-order chi connectivity index (χ1) is 19.6. The second-order valence-electron chi connectivity index (χ2n) is 10.8. The van der Waals surface area contributed by atoms with Gasteiger partial charge in [-0.25, -0.2) is 17.5 Å². The van der Waals surface area contributed by atoms with Gasteiger partial charge >= 0.3 is 6.03 Å². The van der Waals surface area contributed by atoms with E-state index in [0.717, 1.165) is 30.2 Å². The Morgan fingerprint density at radius 3 is 2.46 bits per heavy atom. The largest absolute Gasteiger partial charge is 0.495 e. The van der Waals surface area contributed by atoms with E-state index in [1.54, 1.807) is 26.2 Å². The highest BCUT2D eigenvalue weighted by molar-refractivity contribution is 7.93. The number of nitrogens with one attached hydrogen (secondary N) is 1. The predicted octanol–water partition coefficient (Wildman–Crippen LogP) is 3.44. The minimum absolute atomic E-state index is 0.0267. The summed E-state index contributed by atoms with van der Waals surface area (Å²) in [5.74, 6) is 0.180. The van der Waals surface area contributed by atoms with E-state index in [1.165, 1.54) is 30.2 Å². The number of hydrogen-bond donors (Lipinski definition) is 1. The molecule has 1 spiro atoms. The van der Waals surface area contributed by atoms with Crippen molar-refractivity contribution in [2.75, 3.05) is 63.7 Å². The molecule has 11 nitrogen and oxygen atoms in total. The summed E-state index contributed by atoms with van der Waals surface area (Å²) >= 11 is 0. The lowest BCUT2D eigenvalue weighted by Gasteiger charge is -2.42. The van der Waals surface area contributed by atoms with Crippen LogP contribution in [0.1, 0.15) is 38.2 Å². The third-order valence-corrected chi connectivity index (χ3v) is 10.1. The molecule has 2 fully saturated rings. The molecule has 0 radical (unpaired) electrons. The fourth-order valence-electron chi connectivity index (χ4n) is 6.17. The van der Waals surface area contributed by atoms with Crippen molar-refractivity contribution in [3.63, 3.8) is 0 Å². The highest BCUT2D eigenvalue weighted by Crippen LogP contribution is 2.53. The molecule has 0 aromatic heterocycles. The number of nitrogens with zero attached hydrogens (tertiary/aromatic N) is 3. The van der Waals surface area contributed by atoms with Crippen LogP contribution in [0.3, 0.4) is 0 Å². The van der Waals surface area contributed by atoms with Gasteiger partial charge in [-0.2, -0.15) is 0 Å². The third-order valence-electron chi connectivity index (χ3n) is 8.32. The van der Waals surface area contributed by atoms with Crippen molar-refractivity contribution in [1.82, 2.24) is 9.80 Å². The number of ether oxygens (including phenoxy) is 3. The highest BCUT2D eigenvalue weighted by Gasteiger charge is 2.56. The summed E-state index contributed by atoms with van der Waals surface area (Å²) in [6, 6.07) is 9.44. The summed E-state index contributed by atoms with van der Waals surface area (Å²) in [7, 11) is 0.184. The van der Waals surface area contributed by atoms with E-state index in [-0.39, 0.29) is 16.7 Å². The van der Waals surface area contributed by atoms with E-state index in [9.17, 15) is 18.0 Å². The van der Waals surface area contributed by atoms with Gasteiger partial charge in [0.2, 0.25) is 0 Å². The molecule has 2 heterocycles. The molecule has 1 aliphatic carbocycles. The molecule has 0 atom stereocenters. The van der Waals surface area contributed by atoms with Crippen molar-refractivity contribution >= 4 is 33.3 Å². The topological polar surface area (TPSA) is 118 Å². The predicted molar refractivity (Wildman–Crippen MR) is 154 cm³/mol. The smallest absolute Gasteiger partial charge is 0.321 e. The fraction of sp³-hybridized carbons (Fsp3) is 0.517. The van der Waals surface area contributed by atoms with Crippen LogP contribution in [0, 0.1) is 0 Å². The maximum absolute atomic E-state index is 14.4. The van der Waals surface area contributed by atoms with E-state index < -0.39 is 21.3 Å². The minimum Gasteiger partial charge on any atom is -0.495 e. The first-order valence-electron chi connectivity index (χ1n) is 14.0. The molecule has 3 aliphatic rings. The minimum atomic E-state index is -4.37. The zero-order valence-electron chi connectivity index (χ0n) is 24.0. The van der Waals surface area contributed by atoms with Crippen LogP contribution in [0.2, 0.25) is 0 Å². The van der Waals surface area contributed by atoms with Crippen molar-refractivity contribution in [3.05, 3.63) is 42.0 Å². The lowest BCUT2D eigenvalue weighted by atomic mass is 9.68. The molecule has 5 rings (SSSR count). The average Bonchev–Trinajstić information content (AvgIpc) is 3.21. The van der Waals surface area contributed by atoms with Gasteiger partial charge in [0.25, 0.3) is 15.9 Å². The van der Waals surface area contributed by atoms with Gasteiger partial charge in [-0.15, -0.1) is 0 Å². The van der Waals surface area contributed by atoms with Crippen LogP contribution < -0.4 is 19.1 Å². The Kier molecular flexibility index (Phi) is 8.18. The second-order valence-corrected chi connectivity index (χ2v) is 12.6. The zero-order valence-corrected chi connectivity index (χ0v) is 24.8. The normalized spacial score (nSPS) is 22.9. The monoisotopic (exact) mass is 586 g/mol. The van der Waals surface area contributed by atoms with Gasteiger partial charge < -0.3 is 24.4 Å². The SMILES string of the molecule is CCOc1ccc2c(c1)C1(CCC(N3CCOCC3)CC1)C(=O)N2S(=O)(=O)c1ccc(NC(=O)N(C)C)cc1OC. The molecule has 12 heteroatoms. The Labute approximate surface area is 241 Å². The molecule has 222 valence electrons. The van der Waals surface area contributed by atoms with Gasteiger partial charge in [-0.05, 0) is 68.5 Å². The van der Waals surface area contributed by atoms with E-state index in [0.29, 0.717) is 61.4 Å².